The van der Waals surface area contributed by atoms with Gasteiger partial charge in [0.25, 0.3) is 0 Å². The minimum Gasteiger partial charge on any atom is -0.493 e. The Morgan fingerprint density at radius 2 is 1.66 bits per heavy atom. The summed E-state index contributed by atoms with van der Waals surface area (Å²) in [6.07, 6.45) is 3.47. The second-order valence-corrected chi connectivity index (χ2v) is 6.49. The number of hydrogen-bond donors (Lipinski definition) is 2. The highest BCUT2D eigenvalue weighted by atomic mass is 16.5. The molecule has 0 saturated heterocycles. The van der Waals surface area contributed by atoms with Gasteiger partial charge in [-0.1, -0.05) is 38.1 Å². The molecule has 7 nitrogen and oxygen atoms in total. The molecule has 29 heavy (non-hydrogen) atoms. The lowest BCUT2D eigenvalue weighted by Gasteiger charge is -2.14. The number of methoxy groups -OCH3 is 2. The summed E-state index contributed by atoms with van der Waals surface area (Å²) in [6.45, 7) is 4.85. The van der Waals surface area contributed by atoms with Crippen LogP contribution in [-0.4, -0.2) is 29.4 Å². The highest BCUT2D eigenvalue weighted by Crippen LogP contribution is 2.28. The van der Waals surface area contributed by atoms with E-state index in [9.17, 15) is 0 Å². The molecule has 0 atom stereocenters. The van der Waals surface area contributed by atoms with Crippen molar-refractivity contribution in [2.24, 2.45) is 0 Å². The lowest BCUT2D eigenvalue weighted by molar-refractivity contribution is 0.354. The largest absolute Gasteiger partial charge is 0.493 e. The first kappa shape index (κ1) is 20.4. The van der Waals surface area contributed by atoms with Crippen molar-refractivity contribution >= 4 is 17.5 Å². The van der Waals surface area contributed by atoms with E-state index in [2.05, 4.69) is 57.9 Å². The number of benzene rings is 2. The van der Waals surface area contributed by atoms with Gasteiger partial charge in [-0.05, 0) is 41.7 Å². The summed E-state index contributed by atoms with van der Waals surface area (Å²) in [5, 5.41) is 14.9. The topological polar surface area (TPSA) is 81.2 Å². The highest BCUT2D eigenvalue weighted by molar-refractivity contribution is 5.64. The fourth-order valence-electron chi connectivity index (χ4n) is 3.14. The van der Waals surface area contributed by atoms with Crippen LogP contribution in [0, 0.1) is 0 Å². The van der Waals surface area contributed by atoms with Gasteiger partial charge < -0.3 is 20.1 Å². The van der Waals surface area contributed by atoms with E-state index in [0.717, 1.165) is 24.1 Å². The Labute approximate surface area is 171 Å². The molecule has 0 aliphatic rings. The van der Waals surface area contributed by atoms with Crippen molar-refractivity contribution in [2.45, 2.75) is 33.2 Å². The Bertz CT molecular complexity index is 939. The van der Waals surface area contributed by atoms with E-state index in [-0.39, 0.29) is 0 Å². The highest BCUT2D eigenvalue weighted by Gasteiger charge is 2.09. The van der Waals surface area contributed by atoms with Gasteiger partial charge in [0.2, 0.25) is 5.95 Å². The van der Waals surface area contributed by atoms with Crippen LogP contribution in [0.15, 0.2) is 42.6 Å². The van der Waals surface area contributed by atoms with E-state index >= 15 is 0 Å². The smallest absolute Gasteiger partial charge is 0.249 e. The summed E-state index contributed by atoms with van der Waals surface area (Å²) in [5.41, 5.74) is 4.57. The monoisotopic (exact) mass is 393 g/mol. The molecule has 0 unspecified atom stereocenters. The maximum Gasteiger partial charge on any atom is 0.249 e. The van der Waals surface area contributed by atoms with Crippen LogP contribution in [0.1, 0.15) is 30.5 Å². The molecular formula is C22H27N5O2. The van der Waals surface area contributed by atoms with Crippen molar-refractivity contribution in [2.75, 3.05) is 24.9 Å². The lowest BCUT2D eigenvalue weighted by atomic mass is 10.0. The molecule has 2 aromatic carbocycles. The Balaban J connectivity index is 1.74. The van der Waals surface area contributed by atoms with Crippen LogP contribution < -0.4 is 20.1 Å². The predicted octanol–water partition coefficient (Wildman–Crippen LogP) is 4.37. The minimum absolute atomic E-state index is 0.470. The number of para-hydroxylation sites is 1. The van der Waals surface area contributed by atoms with Gasteiger partial charge in [-0.2, -0.15) is 10.1 Å². The summed E-state index contributed by atoms with van der Waals surface area (Å²) >= 11 is 0. The number of ether oxygens (including phenoxy) is 2. The van der Waals surface area contributed by atoms with Crippen LogP contribution in [0.5, 0.6) is 11.5 Å². The molecule has 0 spiro atoms. The lowest BCUT2D eigenvalue weighted by Crippen LogP contribution is -2.07. The number of rotatable bonds is 9. The standard InChI is InChI=1S/C22H27N5O2/c1-5-16-8-7-9-17(6-2)21(16)26-22-25-20(14-24-27-22)23-13-15-10-11-18(28-3)19(12-15)29-4/h7-12,14H,5-6,13H2,1-4H3,(H2,23,25,26,27). The molecule has 0 fully saturated rings. The number of hydrogen-bond acceptors (Lipinski definition) is 7. The number of anilines is 3. The average molecular weight is 393 g/mol. The van der Waals surface area contributed by atoms with Gasteiger partial charge in [-0.3, -0.25) is 0 Å². The van der Waals surface area contributed by atoms with Gasteiger partial charge in [0.1, 0.15) is 0 Å². The Hall–Kier alpha value is -3.35. The minimum atomic E-state index is 0.470. The second kappa shape index (κ2) is 9.73. The zero-order chi connectivity index (χ0) is 20.6. The van der Waals surface area contributed by atoms with Crippen LogP contribution in [0.25, 0.3) is 0 Å². The number of nitrogens with zero attached hydrogens (tertiary/aromatic N) is 3. The number of aryl methyl sites for hydroxylation is 2. The van der Waals surface area contributed by atoms with Crippen LogP contribution in [0.4, 0.5) is 17.5 Å². The normalized spacial score (nSPS) is 10.5. The van der Waals surface area contributed by atoms with Crippen molar-refractivity contribution in [3.63, 3.8) is 0 Å². The molecular weight excluding hydrogens is 366 g/mol. The summed E-state index contributed by atoms with van der Waals surface area (Å²) in [7, 11) is 3.25. The van der Waals surface area contributed by atoms with Gasteiger partial charge in [0.15, 0.2) is 17.3 Å². The molecule has 0 saturated carbocycles. The van der Waals surface area contributed by atoms with Gasteiger partial charge in [-0.25, -0.2) is 0 Å². The fourth-order valence-corrected chi connectivity index (χ4v) is 3.14. The number of aromatic nitrogens is 3. The molecule has 0 radical (unpaired) electrons. The van der Waals surface area contributed by atoms with Crippen molar-refractivity contribution < 1.29 is 9.47 Å². The Morgan fingerprint density at radius 3 is 2.31 bits per heavy atom. The number of nitrogens with one attached hydrogen (secondary N) is 2. The third-order valence-electron chi connectivity index (χ3n) is 4.72. The predicted molar refractivity (Wildman–Crippen MR) is 115 cm³/mol. The van der Waals surface area contributed by atoms with Gasteiger partial charge in [0.05, 0.1) is 20.4 Å². The zero-order valence-electron chi connectivity index (χ0n) is 17.3. The third-order valence-corrected chi connectivity index (χ3v) is 4.72. The van der Waals surface area contributed by atoms with Crippen molar-refractivity contribution in [1.82, 2.24) is 15.2 Å². The van der Waals surface area contributed by atoms with E-state index in [1.807, 2.05) is 18.2 Å². The molecule has 3 aromatic rings. The van der Waals surface area contributed by atoms with E-state index in [1.54, 1.807) is 20.4 Å². The van der Waals surface area contributed by atoms with E-state index in [0.29, 0.717) is 29.8 Å². The van der Waals surface area contributed by atoms with Gasteiger partial charge >= 0.3 is 0 Å². The Morgan fingerprint density at radius 1 is 0.931 bits per heavy atom. The molecule has 1 aromatic heterocycles. The maximum absolute atomic E-state index is 5.36. The van der Waals surface area contributed by atoms with Crippen LogP contribution in [-0.2, 0) is 19.4 Å². The first-order valence-electron chi connectivity index (χ1n) is 9.70. The first-order valence-corrected chi connectivity index (χ1v) is 9.70. The van der Waals surface area contributed by atoms with E-state index < -0.39 is 0 Å². The molecule has 1 heterocycles. The van der Waals surface area contributed by atoms with Crippen molar-refractivity contribution in [1.29, 1.82) is 0 Å². The molecule has 0 amide bonds. The summed E-state index contributed by atoms with van der Waals surface area (Å²) in [5.74, 6) is 2.51. The van der Waals surface area contributed by atoms with Gasteiger partial charge in [-0.15, -0.1) is 5.10 Å². The summed E-state index contributed by atoms with van der Waals surface area (Å²) in [6, 6.07) is 12.1. The van der Waals surface area contributed by atoms with Gasteiger partial charge in [0, 0.05) is 12.2 Å². The van der Waals surface area contributed by atoms with Crippen LogP contribution >= 0.6 is 0 Å². The SMILES string of the molecule is CCc1cccc(CC)c1Nc1nncc(NCc2ccc(OC)c(OC)c2)n1. The maximum atomic E-state index is 5.36. The zero-order valence-corrected chi connectivity index (χ0v) is 17.3. The molecule has 2 N–H and O–H groups in total. The van der Waals surface area contributed by atoms with Crippen LogP contribution in [0.3, 0.4) is 0 Å². The molecule has 152 valence electrons. The molecule has 0 aliphatic heterocycles. The summed E-state index contributed by atoms with van der Waals surface area (Å²) < 4.78 is 10.6. The second-order valence-electron chi connectivity index (χ2n) is 6.49. The first-order chi connectivity index (χ1) is 14.2. The fraction of sp³-hybridized carbons (Fsp3) is 0.318. The van der Waals surface area contributed by atoms with Crippen molar-refractivity contribution in [3.8, 4) is 11.5 Å². The molecule has 0 bridgehead atoms. The van der Waals surface area contributed by atoms with E-state index in [1.165, 1.54) is 11.1 Å². The molecule has 3 rings (SSSR count). The third kappa shape index (κ3) is 4.93. The summed E-state index contributed by atoms with van der Waals surface area (Å²) in [4.78, 5) is 4.56. The molecule has 0 aliphatic carbocycles. The molecule has 7 heteroatoms. The average Bonchev–Trinajstić information content (AvgIpc) is 2.77. The quantitative estimate of drug-likeness (QED) is 0.559. The van der Waals surface area contributed by atoms with Crippen LogP contribution in [0.2, 0.25) is 0 Å². The Kier molecular flexibility index (Phi) is 6.84. The van der Waals surface area contributed by atoms with Crippen molar-refractivity contribution in [3.05, 3.63) is 59.3 Å². The van der Waals surface area contributed by atoms with E-state index in [4.69, 9.17) is 9.47 Å².